The Morgan fingerprint density at radius 1 is 0.808 bits per heavy atom. The Hall–Kier alpha value is -2.26. The molecule has 3 heterocycles. The number of unbranched alkanes of at least 4 members (excludes halogenated alkanes) is 1. The number of fused-ring (bicyclic) bond motifs is 1. The number of hydrogen-bond acceptors (Lipinski definition) is 2. The van der Waals surface area contributed by atoms with Crippen LogP contribution in [-0.2, 0) is 0 Å². The Balaban J connectivity index is 1.27. The molecule has 0 aliphatic carbocycles. The van der Waals surface area contributed by atoms with E-state index in [-0.39, 0.29) is 0 Å². The van der Waals surface area contributed by atoms with Gasteiger partial charge in [0, 0.05) is 11.7 Å². The summed E-state index contributed by atoms with van der Waals surface area (Å²) in [5.74, 6) is 0.964. The molecule has 0 saturated carbocycles. The number of rotatable bonds is 7. The zero-order valence-corrected chi connectivity index (χ0v) is 15.4. The van der Waals surface area contributed by atoms with E-state index < -0.39 is 0 Å². The van der Waals surface area contributed by atoms with Gasteiger partial charge >= 0.3 is 0 Å². The van der Waals surface area contributed by atoms with E-state index in [1.165, 1.54) is 62.1 Å². The van der Waals surface area contributed by atoms with Crippen LogP contribution >= 0.6 is 0 Å². The molecule has 26 heavy (non-hydrogen) atoms. The molecule has 1 aliphatic heterocycles. The van der Waals surface area contributed by atoms with Crippen LogP contribution in [0.4, 0.5) is 0 Å². The van der Waals surface area contributed by atoms with Gasteiger partial charge in [-0.2, -0.15) is 0 Å². The van der Waals surface area contributed by atoms with E-state index >= 15 is 0 Å². The highest BCUT2D eigenvalue weighted by molar-refractivity contribution is 5.65. The fourth-order valence-corrected chi connectivity index (χ4v) is 3.84. The van der Waals surface area contributed by atoms with E-state index in [9.17, 15) is 0 Å². The van der Waals surface area contributed by atoms with Crippen LogP contribution in [0.25, 0.3) is 16.8 Å². The summed E-state index contributed by atoms with van der Waals surface area (Å²) in [6.07, 6.45) is 8.62. The van der Waals surface area contributed by atoms with Crippen LogP contribution in [0.2, 0.25) is 0 Å². The minimum atomic E-state index is 0.806. The quantitative estimate of drug-likeness (QED) is 0.542. The first-order chi connectivity index (χ1) is 12.9. The van der Waals surface area contributed by atoms with Crippen molar-refractivity contribution >= 4 is 5.52 Å². The monoisotopic (exact) mass is 348 g/mol. The van der Waals surface area contributed by atoms with Crippen molar-refractivity contribution in [3.05, 3.63) is 60.8 Å². The van der Waals surface area contributed by atoms with Crippen molar-refractivity contribution in [1.82, 2.24) is 9.30 Å². The van der Waals surface area contributed by atoms with Gasteiger partial charge < -0.3 is 14.0 Å². The van der Waals surface area contributed by atoms with Crippen LogP contribution < -0.4 is 4.74 Å². The third-order valence-corrected chi connectivity index (χ3v) is 5.30. The molecule has 3 heteroatoms. The van der Waals surface area contributed by atoms with E-state index in [0.29, 0.717) is 0 Å². The summed E-state index contributed by atoms with van der Waals surface area (Å²) >= 11 is 0. The molecule has 1 fully saturated rings. The van der Waals surface area contributed by atoms with Crippen LogP contribution in [0.3, 0.4) is 0 Å². The topological polar surface area (TPSA) is 16.9 Å². The lowest BCUT2D eigenvalue weighted by Crippen LogP contribution is -2.30. The van der Waals surface area contributed by atoms with Crippen LogP contribution in [0.1, 0.15) is 32.1 Å². The lowest BCUT2D eigenvalue weighted by Gasteiger charge is -2.26. The molecule has 0 spiro atoms. The molecular weight excluding hydrogens is 320 g/mol. The fraction of sp³-hybridized carbons (Fsp3) is 0.391. The predicted octanol–water partition coefficient (Wildman–Crippen LogP) is 5.25. The van der Waals surface area contributed by atoms with Crippen LogP contribution in [0.15, 0.2) is 60.8 Å². The number of pyridine rings is 1. The maximum Gasteiger partial charge on any atom is 0.119 e. The lowest BCUT2D eigenvalue weighted by molar-refractivity contribution is 0.216. The van der Waals surface area contributed by atoms with E-state index in [2.05, 4.69) is 70.1 Å². The summed E-state index contributed by atoms with van der Waals surface area (Å²) in [7, 11) is 0. The number of likely N-dealkylation sites (tertiary alicyclic amines) is 1. The maximum atomic E-state index is 5.93. The number of piperidine rings is 1. The number of ether oxygens (including phenoxy) is 1. The highest BCUT2D eigenvalue weighted by atomic mass is 16.5. The minimum absolute atomic E-state index is 0.806. The van der Waals surface area contributed by atoms with Crippen molar-refractivity contribution in [2.24, 2.45) is 0 Å². The van der Waals surface area contributed by atoms with Crippen molar-refractivity contribution in [3.8, 4) is 17.0 Å². The second-order valence-corrected chi connectivity index (χ2v) is 7.20. The van der Waals surface area contributed by atoms with Crippen LogP contribution in [0.5, 0.6) is 5.75 Å². The highest BCUT2D eigenvalue weighted by Gasteiger charge is 2.09. The molecule has 0 bridgehead atoms. The molecule has 1 aliphatic rings. The van der Waals surface area contributed by atoms with Gasteiger partial charge in [-0.3, -0.25) is 0 Å². The van der Waals surface area contributed by atoms with E-state index in [1.54, 1.807) is 0 Å². The Morgan fingerprint density at radius 2 is 1.62 bits per heavy atom. The summed E-state index contributed by atoms with van der Waals surface area (Å²) in [6.45, 7) is 4.61. The number of hydrogen-bond donors (Lipinski definition) is 0. The molecule has 0 atom stereocenters. The minimum Gasteiger partial charge on any atom is -0.494 e. The van der Waals surface area contributed by atoms with Gasteiger partial charge in [-0.1, -0.05) is 12.5 Å². The van der Waals surface area contributed by atoms with Gasteiger partial charge in [0.2, 0.25) is 0 Å². The molecule has 1 saturated heterocycles. The first-order valence-electron chi connectivity index (χ1n) is 9.92. The summed E-state index contributed by atoms with van der Waals surface area (Å²) in [4.78, 5) is 2.60. The molecule has 0 amide bonds. The number of nitrogens with zero attached hydrogens (tertiary/aromatic N) is 2. The maximum absolute atomic E-state index is 5.93. The average molecular weight is 348 g/mol. The normalized spacial score (nSPS) is 15.4. The fourth-order valence-electron chi connectivity index (χ4n) is 3.84. The van der Waals surface area contributed by atoms with Gasteiger partial charge in [0.1, 0.15) is 5.75 Å². The van der Waals surface area contributed by atoms with Crippen LogP contribution in [0, 0.1) is 0 Å². The standard InChI is InChI=1S/C23H28N2O/c1-2-15-24(16-3-1)17-4-5-19-26-22-13-11-20(12-14-22)23-10-6-8-21-9-7-18-25(21)23/h6-14,18H,1-5,15-17,19H2. The lowest BCUT2D eigenvalue weighted by atomic mass is 10.1. The van der Waals surface area contributed by atoms with Crippen LogP contribution in [-0.4, -0.2) is 35.5 Å². The second-order valence-electron chi connectivity index (χ2n) is 7.20. The van der Waals surface area contributed by atoms with Crippen molar-refractivity contribution in [3.63, 3.8) is 0 Å². The molecule has 4 rings (SSSR count). The van der Waals surface area contributed by atoms with Gasteiger partial charge in [0.05, 0.1) is 12.3 Å². The smallest absolute Gasteiger partial charge is 0.119 e. The van der Waals surface area contributed by atoms with Crippen molar-refractivity contribution in [1.29, 1.82) is 0 Å². The largest absolute Gasteiger partial charge is 0.494 e. The van der Waals surface area contributed by atoms with Gasteiger partial charge in [0.25, 0.3) is 0 Å². The summed E-state index contributed by atoms with van der Waals surface area (Å²) < 4.78 is 8.15. The Kier molecular flexibility index (Phi) is 5.56. The van der Waals surface area contributed by atoms with Crippen molar-refractivity contribution < 1.29 is 4.74 Å². The molecule has 0 N–H and O–H groups in total. The van der Waals surface area contributed by atoms with Gasteiger partial charge in [-0.05, 0) is 99.4 Å². The Labute approximate surface area is 156 Å². The first-order valence-corrected chi connectivity index (χ1v) is 9.92. The summed E-state index contributed by atoms with van der Waals surface area (Å²) in [5, 5.41) is 0. The molecule has 0 unspecified atom stereocenters. The average Bonchev–Trinajstić information content (AvgIpc) is 3.18. The third kappa shape index (κ3) is 4.10. The molecule has 136 valence electrons. The van der Waals surface area contributed by atoms with Crippen molar-refractivity contribution in [2.75, 3.05) is 26.2 Å². The SMILES string of the molecule is c1cc(-c2ccc(OCCCCN3CCCCC3)cc2)n2cccc2c1. The number of benzene rings is 1. The van der Waals surface area contributed by atoms with E-state index in [0.717, 1.165) is 18.8 Å². The zero-order chi connectivity index (χ0) is 17.6. The molecule has 3 nitrogen and oxygen atoms in total. The van der Waals surface area contributed by atoms with E-state index in [1.807, 2.05) is 0 Å². The zero-order valence-electron chi connectivity index (χ0n) is 15.4. The van der Waals surface area contributed by atoms with Gasteiger partial charge in [-0.15, -0.1) is 0 Å². The molecule has 3 aromatic rings. The Bertz CT molecular complexity index is 816. The van der Waals surface area contributed by atoms with Gasteiger partial charge in [-0.25, -0.2) is 0 Å². The molecule has 1 aromatic carbocycles. The second kappa shape index (κ2) is 8.41. The molecular formula is C23H28N2O. The van der Waals surface area contributed by atoms with Crippen molar-refractivity contribution in [2.45, 2.75) is 32.1 Å². The highest BCUT2D eigenvalue weighted by Crippen LogP contribution is 2.24. The summed E-state index contributed by atoms with van der Waals surface area (Å²) in [6, 6.07) is 19.1. The molecule has 2 aromatic heterocycles. The third-order valence-electron chi connectivity index (χ3n) is 5.30. The van der Waals surface area contributed by atoms with E-state index in [4.69, 9.17) is 4.74 Å². The number of aromatic nitrogens is 1. The molecule has 0 radical (unpaired) electrons. The summed E-state index contributed by atoms with van der Waals surface area (Å²) in [5.41, 5.74) is 3.64. The van der Waals surface area contributed by atoms with Gasteiger partial charge in [0.15, 0.2) is 0 Å². The Morgan fingerprint density at radius 3 is 2.46 bits per heavy atom. The predicted molar refractivity (Wildman–Crippen MR) is 108 cm³/mol. The first kappa shape index (κ1) is 17.2.